The maximum atomic E-state index is 6.04. The first kappa shape index (κ1) is 21.6. The van der Waals surface area contributed by atoms with E-state index in [9.17, 15) is 0 Å². The lowest BCUT2D eigenvalue weighted by molar-refractivity contribution is 0.232. The minimum Gasteiger partial charge on any atom is -0.357 e. The lowest BCUT2D eigenvalue weighted by Crippen LogP contribution is -2.46. The maximum absolute atomic E-state index is 6.04. The summed E-state index contributed by atoms with van der Waals surface area (Å²) in [7, 11) is 2.11. The molecular weight excluding hydrogens is 388 g/mol. The molecule has 29 heavy (non-hydrogen) atoms. The first-order valence-corrected chi connectivity index (χ1v) is 10.8. The average molecular weight is 419 g/mol. The van der Waals surface area contributed by atoms with Crippen molar-refractivity contribution in [3.63, 3.8) is 0 Å². The number of nitrogens with zero attached hydrogens (tertiary/aromatic N) is 5. The molecule has 158 valence electrons. The summed E-state index contributed by atoms with van der Waals surface area (Å²) < 4.78 is 5.38. The summed E-state index contributed by atoms with van der Waals surface area (Å²) in [4.78, 5) is 14.0. The number of rotatable bonds is 8. The molecule has 1 saturated heterocycles. The fourth-order valence-corrected chi connectivity index (χ4v) is 3.94. The summed E-state index contributed by atoms with van der Waals surface area (Å²) in [6.07, 6.45) is 3.14. The van der Waals surface area contributed by atoms with Crippen molar-refractivity contribution in [2.45, 2.75) is 39.2 Å². The van der Waals surface area contributed by atoms with Crippen molar-refractivity contribution in [1.29, 1.82) is 0 Å². The van der Waals surface area contributed by atoms with Crippen LogP contribution in [0.4, 0.5) is 0 Å². The number of likely N-dealkylation sites (tertiary alicyclic amines) is 1. The number of guanidine groups is 1. The second kappa shape index (κ2) is 10.6. The zero-order chi connectivity index (χ0) is 20.6. The zero-order valence-electron chi connectivity index (χ0n) is 17.6. The van der Waals surface area contributed by atoms with E-state index < -0.39 is 0 Å². The van der Waals surface area contributed by atoms with Crippen molar-refractivity contribution in [1.82, 2.24) is 25.3 Å². The Morgan fingerprint density at radius 3 is 3.03 bits per heavy atom. The second-order valence-electron chi connectivity index (χ2n) is 7.31. The van der Waals surface area contributed by atoms with E-state index in [2.05, 4.69) is 46.2 Å². The van der Waals surface area contributed by atoms with Crippen molar-refractivity contribution in [2.24, 2.45) is 4.99 Å². The number of benzene rings is 1. The van der Waals surface area contributed by atoms with Gasteiger partial charge < -0.3 is 14.7 Å². The number of hydrogen-bond donors (Lipinski definition) is 1. The third kappa shape index (κ3) is 5.93. The minimum atomic E-state index is 0.552. The van der Waals surface area contributed by atoms with E-state index in [1.165, 1.54) is 19.4 Å². The summed E-state index contributed by atoms with van der Waals surface area (Å²) in [5, 5.41) is 8.10. The fourth-order valence-electron chi connectivity index (χ4n) is 3.75. The molecule has 3 rings (SSSR count). The van der Waals surface area contributed by atoms with Crippen LogP contribution >= 0.6 is 11.6 Å². The summed E-state index contributed by atoms with van der Waals surface area (Å²) in [6, 6.07) is 8.05. The quantitative estimate of drug-likeness (QED) is 0.524. The van der Waals surface area contributed by atoms with Crippen molar-refractivity contribution < 1.29 is 4.52 Å². The predicted molar refractivity (Wildman–Crippen MR) is 117 cm³/mol. The van der Waals surface area contributed by atoms with Crippen LogP contribution in [0, 0.1) is 0 Å². The van der Waals surface area contributed by atoms with Crippen molar-refractivity contribution in [3.05, 3.63) is 35.2 Å². The summed E-state index contributed by atoms with van der Waals surface area (Å²) in [5.74, 6) is 2.05. The van der Waals surface area contributed by atoms with E-state index in [-0.39, 0.29) is 0 Å². The average Bonchev–Trinajstić information content (AvgIpc) is 3.36. The minimum absolute atomic E-state index is 0.552. The van der Waals surface area contributed by atoms with E-state index in [1.807, 2.05) is 24.3 Å². The van der Waals surface area contributed by atoms with Crippen molar-refractivity contribution in [2.75, 3.05) is 39.8 Å². The molecule has 0 saturated carbocycles. The molecule has 1 aromatic heterocycles. The SMILES string of the molecule is CCNC(=NCCc1nc(-c2cccc(Cl)c2)no1)N(C)CC1CCCN1CC. The number of aromatic nitrogens is 2. The van der Waals surface area contributed by atoms with Gasteiger partial charge in [-0.1, -0.05) is 35.8 Å². The molecule has 1 N–H and O–H groups in total. The van der Waals surface area contributed by atoms with Gasteiger partial charge in [0.25, 0.3) is 0 Å². The molecule has 1 unspecified atom stereocenters. The molecule has 1 aliphatic heterocycles. The van der Waals surface area contributed by atoms with Crippen molar-refractivity contribution >= 4 is 17.6 Å². The monoisotopic (exact) mass is 418 g/mol. The van der Waals surface area contributed by atoms with Gasteiger partial charge in [-0.15, -0.1) is 0 Å². The molecule has 0 radical (unpaired) electrons. The Bertz CT molecular complexity index is 808. The van der Waals surface area contributed by atoms with E-state index in [4.69, 9.17) is 21.1 Å². The normalized spacial score (nSPS) is 17.7. The van der Waals surface area contributed by atoms with E-state index >= 15 is 0 Å². The van der Waals surface area contributed by atoms with Crippen LogP contribution in [0.3, 0.4) is 0 Å². The third-order valence-corrected chi connectivity index (χ3v) is 5.46. The van der Waals surface area contributed by atoms with Gasteiger partial charge in [0, 0.05) is 43.2 Å². The number of likely N-dealkylation sites (N-methyl/N-ethyl adjacent to an activating group) is 2. The second-order valence-corrected chi connectivity index (χ2v) is 7.75. The van der Waals surface area contributed by atoms with Crippen LogP contribution in [0.2, 0.25) is 5.02 Å². The van der Waals surface area contributed by atoms with E-state index in [0.717, 1.165) is 31.2 Å². The van der Waals surface area contributed by atoms with Crippen LogP contribution < -0.4 is 5.32 Å². The van der Waals surface area contributed by atoms with Gasteiger partial charge in [0.05, 0.1) is 6.54 Å². The lowest BCUT2D eigenvalue weighted by atomic mass is 10.2. The first-order valence-electron chi connectivity index (χ1n) is 10.4. The van der Waals surface area contributed by atoms with Crippen molar-refractivity contribution in [3.8, 4) is 11.4 Å². The topological polar surface area (TPSA) is 69.8 Å². The van der Waals surface area contributed by atoms with Crippen LogP contribution in [0.25, 0.3) is 11.4 Å². The Kier molecular flexibility index (Phi) is 7.89. The molecule has 0 spiro atoms. The van der Waals surface area contributed by atoms with Gasteiger partial charge in [0.15, 0.2) is 5.96 Å². The van der Waals surface area contributed by atoms with Gasteiger partial charge >= 0.3 is 0 Å². The molecule has 0 bridgehead atoms. The first-order chi connectivity index (χ1) is 14.1. The molecule has 1 aromatic carbocycles. The lowest BCUT2D eigenvalue weighted by Gasteiger charge is -2.29. The Hall–Kier alpha value is -2.12. The van der Waals surface area contributed by atoms with Crippen LogP contribution in [0.1, 0.15) is 32.6 Å². The van der Waals surface area contributed by atoms with Gasteiger partial charge in [-0.3, -0.25) is 9.89 Å². The number of nitrogens with one attached hydrogen (secondary N) is 1. The Balaban J connectivity index is 1.57. The predicted octanol–water partition coefficient (Wildman–Crippen LogP) is 3.31. The fraction of sp³-hybridized carbons (Fsp3) is 0.571. The number of hydrogen-bond acceptors (Lipinski definition) is 5. The highest BCUT2D eigenvalue weighted by atomic mass is 35.5. The smallest absolute Gasteiger partial charge is 0.228 e. The molecule has 2 heterocycles. The highest BCUT2D eigenvalue weighted by Gasteiger charge is 2.24. The Morgan fingerprint density at radius 2 is 2.28 bits per heavy atom. The van der Waals surface area contributed by atoms with Crippen LogP contribution in [-0.4, -0.2) is 71.7 Å². The summed E-state index contributed by atoms with van der Waals surface area (Å²) >= 11 is 6.04. The van der Waals surface area contributed by atoms with Crippen LogP contribution in [-0.2, 0) is 6.42 Å². The van der Waals surface area contributed by atoms with Gasteiger partial charge in [-0.05, 0) is 45.0 Å². The molecule has 1 aliphatic rings. The maximum Gasteiger partial charge on any atom is 0.228 e. The molecular formula is C21H31ClN6O. The Labute approximate surface area is 178 Å². The largest absolute Gasteiger partial charge is 0.357 e. The summed E-state index contributed by atoms with van der Waals surface area (Å²) in [5.41, 5.74) is 0.848. The van der Waals surface area contributed by atoms with Gasteiger partial charge in [0.1, 0.15) is 0 Å². The van der Waals surface area contributed by atoms with E-state index in [1.54, 1.807) is 0 Å². The molecule has 2 aromatic rings. The Morgan fingerprint density at radius 1 is 1.41 bits per heavy atom. The van der Waals surface area contributed by atoms with Gasteiger partial charge in [-0.25, -0.2) is 0 Å². The highest BCUT2D eigenvalue weighted by Crippen LogP contribution is 2.20. The van der Waals surface area contributed by atoms with Gasteiger partial charge in [0.2, 0.25) is 11.7 Å². The van der Waals surface area contributed by atoms with Crippen LogP contribution in [0.5, 0.6) is 0 Å². The summed E-state index contributed by atoms with van der Waals surface area (Å²) in [6.45, 7) is 9.05. The molecule has 7 nitrogen and oxygen atoms in total. The standard InChI is InChI=1S/C21H31ClN6O/c1-4-23-21(27(3)15-18-10-7-13-28(18)5-2)24-12-11-19-25-20(26-29-19)16-8-6-9-17(22)14-16/h6,8-9,14,18H,4-5,7,10-13,15H2,1-3H3,(H,23,24). The van der Waals surface area contributed by atoms with Crippen LogP contribution in [0.15, 0.2) is 33.8 Å². The van der Waals surface area contributed by atoms with Gasteiger partial charge in [-0.2, -0.15) is 4.98 Å². The molecule has 1 atom stereocenters. The number of aliphatic imine (C=N–C) groups is 1. The highest BCUT2D eigenvalue weighted by molar-refractivity contribution is 6.30. The van der Waals surface area contributed by atoms with E-state index in [0.29, 0.717) is 35.7 Å². The third-order valence-electron chi connectivity index (χ3n) is 5.22. The molecule has 0 amide bonds. The zero-order valence-corrected chi connectivity index (χ0v) is 18.3. The molecule has 0 aliphatic carbocycles. The number of halogens is 1. The molecule has 8 heteroatoms. The molecule has 1 fully saturated rings.